The van der Waals surface area contributed by atoms with E-state index in [-0.39, 0.29) is 23.5 Å². The number of rotatable bonds is 4. The van der Waals surface area contributed by atoms with Gasteiger partial charge in [-0.1, -0.05) is 18.8 Å². The lowest BCUT2D eigenvalue weighted by Crippen LogP contribution is -2.30. The van der Waals surface area contributed by atoms with E-state index in [1.165, 1.54) is 12.1 Å². The Morgan fingerprint density at radius 2 is 2.25 bits per heavy atom. The molecule has 0 aromatic heterocycles. The molecule has 2 N–H and O–H groups in total. The van der Waals surface area contributed by atoms with Crippen LogP contribution in [0.3, 0.4) is 0 Å². The third kappa shape index (κ3) is 3.37. The summed E-state index contributed by atoms with van der Waals surface area (Å²) in [5.41, 5.74) is 0.743. The zero-order valence-electron chi connectivity index (χ0n) is 11.5. The highest BCUT2D eigenvalue weighted by atomic mass is 19.1. The van der Waals surface area contributed by atoms with Crippen LogP contribution in [0.15, 0.2) is 18.2 Å². The minimum Gasteiger partial charge on any atom is -0.384 e. The molecule has 20 heavy (non-hydrogen) atoms. The van der Waals surface area contributed by atoms with Crippen LogP contribution in [0, 0.1) is 23.1 Å². The predicted molar refractivity (Wildman–Crippen MR) is 74.7 cm³/mol. The van der Waals surface area contributed by atoms with Crippen LogP contribution in [-0.2, 0) is 0 Å². The van der Waals surface area contributed by atoms with E-state index in [1.807, 2.05) is 0 Å². The summed E-state index contributed by atoms with van der Waals surface area (Å²) in [6.45, 7) is 2.45. The fraction of sp³-hybridized carbons (Fsp3) is 0.438. The molecule has 1 fully saturated rings. The summed E-state index contributed by atoms with van der Waals surface area (Å²) in [6, 6.07) is 4.19. The molecule has 1 aromatic carbocycles. The van der Waals surface area contributed by atoms with Crippen LogP contribution in [0.4, 0.5) is 4.39 Å². The number of carbonyl (C=O) groups is 1. The van der Waals surface area contributed by atoms with Gasteiger partial charge in [0.15, 0.2) is 0 Å². The zero-order valence-corrected chi connectivity index (χ0v) is 11.5. The van der Waals surface area contributed by atoms with Crippen molar-refractivity contribution in [3.8, 4) is 11.8 Å². The minimum atomic E-state index is -0.546. The van der Waals surface area contributed by atoms with E-state index in [9.17, 15) is 9.18 Å². The average molecular weight is 275 g/mol. The molecule has 0 radical (unpaired) electrons. The van der Waals surface area contributed by atoms with Gasteiger partial charge in [-0.25, -0.2) is 4.39 Å². The number of hydrogen-bond donors (Lipinski definition) is 2. The van der Waals surface area contributed by atoms with Gasteiger partial charge in [0, 0.05) is 12.1 Å². The first-order valence-corrected chi connectivity index (χ1v) is 6.78. The van der Waals surface area contributed by atoms with Gasteiger partial charge in [0.05, 0.1) is 5.56 Å². The van der Waals surface area contributed by atoms with Crippen molar-refractivity contribution < 1.29 is 14.3 Å². The maximum atomic E-state index is 13.7. The quantitative estimate of drug-likeness (QED) is 0.827. The van der Waals surface area contributed by atoms with Gasteiger partial charge in [-0.05, 0) is 42.9 Å². The normalized spacial score (nSPS) is 15.2. The molecular formula is C16H18FNO2. The molecule has 0 aliphatic heterocycles. The first kappa shape index (κ1) is 14.5. The maximum Gasteiger partial charge on any atom is 0.251 e. The predicted octanol–water partition coefficient (Wildman–Crippen LogP) is 2.09. The molecule has 1 aliphatic carbocycles. The van der Waals surface area contributed by atoms with Gasteiger partial charge in [-0.15, -0.1) is 0 Å². The number of nitrogens with one attached hydrogen (secondary N) is 1. The molecule has 0 spiro atoms. The largest absolute Gasteiger partial charge is 0.384 e. The number of aliphatic hydroxyl groups is 1. The van der Waals surface area contributed by atoms with Crippen molar-refractivity contribution in [3.63, 3.8) is 0 Å². The van der Waals surface area contributed by atoms with Crippen LogP contribution in [-0.4, -0.2) is 24.2 Å². The fourth-order valence-electron chi connectivity index (χ4n) is 2.09. The molecular weight excluding hydrogens is 257 g/mol. The van der Waals surface area contributed by atoms with Crippen LogP contribution in [0.5, 0.6) is 0 Å². The third-order valence-electron chi connectivity index (χ3n) is 3.86. The number of carbonyl (C=O) groups excluding carboxylic acids is 1. The molecule has 0 unspecified atom stereocenters. The molecule has 1 aromatic rings. The number of halogens is 1. The molecule has 0 heterocycles. The standard InChI is InChI=1S/C16H18FNO2/c1-2-16(7-8-16)11-18-15(20)13-6-5-12(4-3-9-19)14(17)10-13/h5-6,10,19H,2,7-9,11H2,1H3,(H,18,20). The van der Waals surface area contributed by atoms with Gasteiger partial charge in [0.1, 0.15) is 12.4 Å². The molecule has 1 saturated carbocycles. The van der Waals surface area contributed by atoms with Gasteiger partial charge in [0.25, 0.3) is 5.91 Å². The Balaban J connectivity index is 2.01. The lowest BCUT2D eigenvalue weighted by atomic mass is 10.0. The average Bonchev–Trinajstić information content (AvgIpc) is 3.24. The molecule has 0 atom stereocenters. The Kier molecular flexibility index (Phi) is 4.41. The van der Waals surface area contributed by atoms with Crippen molar-refractivity contribution in [2.24, 2.45) is 5.41 Å². The zero-order chi connectivity index (χ0) is 14.6. The van der Waals surface area contributed by atoms with Crippen molar-refractivity contribution in [2.45, 2.75) is 26.2 Å². The van der Waals surface area contributed by atoms with Crippen molar-refractivity contribution >= 4 is 5.91 Å². The molecule has 2 rings (SSSR count). The smallest absolute Gasteiger partial charge is 0.251 e. The van der Waals surface area contributed by atoms with Crippen LogP contribution in [0.1, 0.15) is 42.1 Å². The summed E-state index contributed by atoms with van der Waals surface area (Å²) < 4.78 is 13.7. The van der Waals surface area contributed by atoms with E-state index >= 15 is 0 Å². The second-order valence-corrected chi connectivity index (χ2v) is 5.19. The van der Waals surface area contributed by atoms with Crippen molar-refractivity contribution in [1.82, 2.24) is 5.32 Å². The first-order chi connectivity index (χ1) is 9.60. The van der Waals surface area contributed by atoms with Gasteiger partial charge in [0.2, 0.25) is 0 Å². The van der Waals surface area contributed by atoms with E-state index in [1.54, 1.807) is 6.07 Å². The molecule has 0 saturated heterocycles. The van der Waals surface area contributed by atoms with Gasteiger partial charge in [-0.2, -0.15) is 0 Å². The topological polar surface area (TPSA) is 49.3 Å². The van der Waals surface area contributed by atoms with Crippen molar-refractivity contribution in [3.05, 3.63) is 35.1 Å². The van der Waals surface area contributed by atoms with E-state index < -0.39 is 5.82 Å². The lowest BCUT2D eigenvalue weighted by molar-refractivity contribution is 0.0944. The Hall–Kier alpha value is -1.86. The van der Waals surface area contributed by atoms with Crippen LogP contribution < -0.4 is 5.32 Å². The Morgan fingerprint density at radius 1 is 1.50 bits per heavy atom. The molecule has 3 nitrogen and oxygen atoms in total. The highest BCUT2D eigenvalue weighted by Crippen LogP contribution is 2.47. The van der Waals surface area contributed by atoms with E-state index in [0.29, 0.717) is 12.1 Å². The summed E-state index contributed by atoms with van der Waals surface area (Å²) in [4.78, 5) is 12.0. The second-order valence-electron chi connectivity index (χ2n) is 5.19. The fourth-order valence-corrected chi connectivity index (χ4v) is 2.09. The number of benzene rings is 1. The van der Waals surface area contributed by atoms with Crippen LogP contribution in [0.2, 0.25) is 0 Å². The Morgan fingerprint density at radius 3 is 2.80 bits per heavy atom. The van der Waals surface area contributed by atoms with Gasteiger partial charge in [-0.3, -0.25) is 4.79 Å². The number of hydrogen-bond acceptors (Lipinski definition) is 2. The van der Waals surface area contributed by atoms with E-state index in [0.717, 1.165) is 19.3 Å². The number of amides is 1. The Bertz CT molecular complexity index is 568. The monoisotopic (exact) mass is 275 g/mol. The van der Waals surface area contributed by atoms with Gasteiger partial charge >= 0.3 is 0 Å². The third-order valence-corrected chi connectivity index (χ3v) is 3.86. The first-order valence-electron chi connectivity index (χ1n) is 6.78. The molecule has 1 amide bonds. The Labute approximate surface area is 118 Å². The maximum absolute atomic E-state index is 13.7. The van der Waals surface area contributed by atoms with E-state index in [2.05, 4.69) is 24.1 Å². The molecule has 0 bridgehead atoms. The molecule has 106 valence electrons. The summed E-state index contributed by atoms with van der Waals surface area (Å²) in [6.07, 6.45) is 3.35. The minimum absolute atomic E-state index is 0.183. The second kappa shape index (κ2) is 6.06. The highest BCUT2D eigenvalue weighted by Gasteiger charge is 2.40. The van der Waals surface area contributed by atoms with Crippen molar-refractivity contribution in [2.75, 3.05) is 13.2 Å². The summed E-state index contributed by atoms with van der Waals surface area (Å²) >= 11 is 0. The van der Waals surface area contributed by atoms with Crippen LogP contribution >= 0.6 is 0 Å². The molecule has 4 heteroatoms. The lowest BCUT2D eigenvalue weighted by Gasteiger charge is -2.13. The highest BCUT2D eigenvalue weighted by molar-refractivity contribution is 5.94. The number of aliphatic hydroxyl groups excluding tert-OH is 1. The summed E-state index contributed by atoms with van der Waals surface area (Å²) in [5.74, 6) is 4.07. The summed E-state index contributed by atoms with van der Waals surface area (Å²) in [5, 5.41) is 11.4. The van der Waals surface area contributed by atoms with E-state index in [4.69, 9.17) is 5.11 Å². The van der Waals surface area contributed by atoms with Crippen molar-refractivity contribution in [1.29, 1.82) is 0 Å². The SMILES string of the molecule is CCC1(CNC(=O)c2ccc(C#CCO)c(F)c2)CC1. The summed E-state index contributed by atoms with van der Waals surface area (Å²) in [7, 11) is 0. The van der Waals surface area contributed by atoms with Gasteiger partial charge < -0.3 is 10.4 Å². The molecule has 1 aliphatic rings. The van der Waals surface area contributed by atoms with Crippen LogP contribution in [0.25, 0.3) is 0 Å².